The molecular weight excluding hydrogens is 196 g/mol. The molecule has 0 aliphatic rings. The third-order valence-electron chi connectivity index (χ3n) is 1.25. The molecule has 2 nitrogen and oxygen atoms in total. The first-order chi connectivity index (χ1) is 4.74. The van der Waals surface area contributed by atoms with Crippen LogP contribution in [-0.2, 0) is 4.79 Å². The van der Waals surface area contributed by atoms with Crippen LogP contribution in [0.5, 0.6) is 0 Å². The van der Waals surface area contributed by atoms with E-state index in [0.717, 1.165) is 6.29 Å². The first-order valence-electron chi connectivity index (χ1n) is 2.94. The highest BCUT2D eigenvalue weighted by Gasteiger charge is 2.06. The van der Waals surface area contributed by atoms with E-state index in [9.17, 15) is 4.79 Å². The summed E-state index contributed by atoms with van der Waals surface area (Å²) in [5, 5.41) is 0. The van der Waals surface area contributed by atoms with Gasteiger partial charge >= 0.3 is 0 Å². The minimum Gasteiger partial charge on any atom is -0.454 e. The van der Waals surface area contributed by atoms with Gasteiger partial charge in [-0.25, -0.2) is 0 Å². The molecule has 0 saturated heterocycles. The fourth-order valence-corrected chi connectivity index (χ4v) is 0.959. The van der Waals surface area contributed by atoms with Crippen molar-refractivity contribution >= 4 is 22.2 Å². The summed E-state index contributed by atoms with van der Waals surface area (Å²) in [6.07, 6.45) is 0.852. The van der Waals surface area contributed by atoms with Crippen LogP contribution in [0.3, 0.4) is 0 Å². The van der Waals surface area contributed by atoms with Crippen molar-refractivity contribution in [2.24, 2.45) is 0 Å². The molecule has 0 aliphatic heterocycles. The maximum atomic E-state index is 10.2. The van der Waals surface area contributed by atoms with Crippen molar-refractivity contribution in [2.45, 2.75) is 12.8 Å². The Morgan fingerprint density at radius 1 is 1.70 bits per heavy atom. The molecule has 1 aromatic heterocycles. The van der Waals surface area contributed by atoms with Gasteiger partial charge in [-0.05, 0) is 35.0 Å². The molecule has 0 aromatic carbocycles. The molecule has 0 N–H and O–H groups in total. The van der Waals surface area contributed by atoms with Crippen molar-refractivity contribution in [1.82, 2.24) is 0 Å². The third kappa shape index (κ3) is 1.48. The van der Waals surface area contributed by atoms with Gasteiger partial charge in [-0.3, -0.25) is 0 Å². The predicted octanol–water partition coefficient (Wildman–Crippen LogP) is 2.34. The van der Waals surface area contributed by atoms with Crippen LogP contribution in [0, 0.1) is 0 Å². The fourth-order valence-electron chi connectivity index (χ4n) is 0.640. The summed E-state index contributed by atoms with van der Waals surface area (Å²) in [6.45, 7) is 1.79. The van der Waals surface area contributed by atoms with Gasteiger partial charge in [0.15, 0.2) is 4.67 Å². The topological polar surface area (TPSA) is 30.2 Å². The van der Waals surface area contributed by atoms with Gasteiger partial charge in [-0.1, -0.05) is 0 Å². The lowest BCUT2D eigenvalue weighted by Crippen LogP contribution is -1.89. The standard InChI is InChI=1S/C7H7BrO2/c1-5(4-9)6-2-3-7(8)10-6/h2-5H,1H3. The van der Waals surface area contributed by atoms with E-state index in [1.54, 1.807) is 19.1 Å². The maximum Gasteiger partial charge on any atom is 0.169 e. The smallest absolute Gasteiger partial charge is 0.169 e. The average Bonchev–Trinajstić information content (AvgIpc) is 2.34. The third-order valence-corrected chi connectivity index (χ3v) is 1.67. The van der Waals surface area contributed by atoms with E-state index in [1.807, 2.05) is 0 Å². The van der Waals surface area contributed by atoms with Crippen molar-refractivity contribution in [3.8, 4) is 0 Å². The molecule has 0 fully saturated rings. The Bertz CT molecular complexity index is 229. The quantitative estimate of drug-likeness (QED) is 0.690. The van der Waals surface area contributed by atoms with Crippen molar-refractivity contribution in [3.63, 3.8) is 0 Å². The summed E-state index contributed by atoms with van der Waals surface area (Å²) in [5.41, 5.74) is 0. The highest BCUT2D eigenvalue weighted by atomic mass is 79.9. The molecule has 1 aromatic rings. The summed E-state index contributed by atoms with van der Waals surface area (Å²) in [7, 11) is 0. The van der Waals surface area contributed by atoms with Crippen molar-refractivity contribution in [2.75, 3.05) is 0 Å². The molecule has 1 rings (SSSR count). The Morgan fingerprint density at radius 3 is 2.80 bits per heavy atom. The SMILES string of the molecule is CC(C=O)c1ccc(Br)o1. The molecule has 10 heavy (non-hydrogen) atoms. The normalized spacial score (nSPS) is 13.0. The highest BCUT2D eigenvalue weighted by Crippen LogP contribution is 2.19. The van der Waals surface area contributed by atoms with Gasteiger partial charge in [0.05, 0.1) is 5.92 Å². The lowest BCUT2D eigenvalue weighted by atomic mass is 10.1. The lowest BCUT2D eigenvalue weighted by Gasteiger charge is -1.94. The first kappa shape index (κ1) is 7.54. The second kappa shape index (κ2) is 3.01. The predicted molar refractivity (Wildman–Crippen MR) is 40.9 cm³/mol. The van der Waals surface area contributed by atoms with E-state index in [-0.39, 0.29) is 5.92 Å². The molecule has 0 amide bonds. The molecule has 0 radical (unpaired) electrons. The first-order valence-corrected chi connectivity index (χ1v) is 3.74. The molecule has 0 bridgehead atoms. The summed E-state index contributed by atoms with van der Waals surface area (Å²) < 4.78 is 5.78. The Hall–Kier alpha value is -0.570. The van der Waals surface area contributed by atoms with Crippen LogP contribution in [0.4, 0.5) is 0 Å². The molecule has 1 unspecified atom stereocenters. The van der Waals surface area contributed by atoms with Crippen LogP contribution in [0.1, 0.15) is 18.6 Å². The zero-order valence-electron chi connectivity index (χ0n) is 5.50. The molecule has 0 aliphatic carbocycles. The minimum atomic E-state index is -0.147. The van der Waals surface area contributed by atoms with Crippen LogP contribution in [0.25, 0.3) is 0 Å². The van der Waals surface area contributed by atoms with Crippen LogP contribution < -0.4 is 0 Å². The van der Waals surface area contributed by atoms with Crippen molar-refractivity contribution in [1.29, 1.82) is 0 Å². The summed E-state index contributed by atoms with van der Waals surface area (Å²) in [6, 6.07) is 3.55. The molecular formula is C7H7BrO2. The van der Waals surface area contributed by atoms with Crippen LogP contribution in [-0.4, -0.2) is 6.29 Å². The zero-order chi connectivity index (χ0) is 7.56. The number of aldehydes is 1. The van der Waals surface area contributed by atoms with Gasteiger partial charge in [-0.2, -0.15) is 0 Å². The van der Waals surface area contributed by atoms with Gasteiger partial charge in [0.2, 0.25) is 0 Å². The van der Waals surface area contributed by atoms with Crippen LogP contribution in [0.15, 0.2) is 21.2 Å². The maximum absolute atomic E-state index is 10.2. The van der Waals surface area contributed by atoms with Crippen molar-refractivity contribution < 1.29 is 9.21 Å². The number of hydrogen-bond donors (Lipinski definition) is 0. The summed E-state index contributed by atoms with van der Waals surface area (Å²) >= 11 is 3.15. The molecule has 0 saturated carbocycles. The molecule has 1 atom stereocenters. The lowest BCUT2D eigenvalue weighted by molar-refractivity contribution is -0.109. The molecule has 54 valence electrons. The van der Waals surface area contributed by atoms with Crippen molar-refractivity contribution in [3.05, 3.63) is 22.6 Å². The molecule has 0 spiro atoms. The van der Waals surface area contributed by atoms with E-state index in [4.69, 9.17) is 4.42 Å². The highest BCUT2D eigenvalue weighted by molar-refractivity contribution is 9.10. The van der Waals surface area contributed by atoms with Crippen LogP contribution in [0.2, 0.25) is 0 Å². The average molecular weight is 203 g/mol. The van der Waals surface area contributed by atoms with Gasteiger partial charge in [0.25, 0.3) is 0 Å². The number of carbonyl (C=O) groups excluding carboxylic acids is 1. The molecule has 1 heterocycles. The number of furan rings is 1. The van der Waals surface area contributed by atoms with E-state index in [0.29, 0.717) is 10.4 Å². The van der Waals surface area contributed by atoms with E-state index in [2.05, 4.69) is 15.9 Å². The summed E-state index contributed by atoms with van der Waals surface area (Å²) in [4.78, 5) is 10.2. The number of hydrogen-bond acceptors (Lipinski definition) is 2. The van der Waals surface area contributed by atoms with E-state index >= 15 is 0 Å². The Morgan fingerprint density at radius 2 is 2.40 bits per heavy atom. The second-order valence-electron chi connectivity index (χ2n) is 2.07. The van der Waals surface area contributed by atoms with Gasteiger partial charge in [-0.15, -0.1) is 0 Å². The van der Waals surface area contributed by atoms with E-state index < -0.39 is 0 Å². The monoisotopic (exact) mass is 202 g/mol. The fraction of sp³-hybridized carbons (Fsp3) is 0.286. The second-order valence-corrected chi connectivity index (χ2v) is 2.85. The van der Waals surface area contributed by atoms with Crippen LogP contribution >= 0.6 is 15.9 Å². The van der Waals surface area contributed by atoms with Gasteiger partial charge < -0.3 is 9.21 Å². The van der Waals surface area contributed by atoms with E-state index in [1.165, 1.54) is 0 Å². The summed E-state index contributed by atoms with van der Waals surface area (Å²) in [5.74, 6) is 0.549. The Labute approximate surface area is 67.3 Å². The zero-order valence-corrected chi connectivity index (χ0v) is 7.09. The number of halogens is 1. The number of carbonyl (C=O) groups is 1. The van der Waals surface area contributed by atoms with Gasteiger partial charge in [0, 0.05) is 0 Å². The Kier molecular flexibility index (Phi) is 2.27. The number of rotatable bonds is 2. The van der Waals surface area contributed by atoms with Gasteiger partial charge in [0.1, 0.15) is 12.0 Å². The minimum absolute atomic E-state index is 0.147. The largest absolute Gasteiger partial charge is 0.454 e. The Balaban J connectivity index is 2.84. The molecule has 3 heteroatoms.